The number of hydrogen-bond acceptors (Lipinski definition) is 4. The highest BCUT2D eigenvalue weighted by atomic mass is 35.5. The fourth-order valence-corrected chi connectivity index (χ4v) is 2.52. The lowest BCUT2D eigenvalue weighted by Crippen LogP contribution is -2.35. The highest BCUT2D eigenvalue weighted by Gasteiger charge is 2.11. The zero-order valence-corrected chi connectivity index (χ0v) is 13.8. The van der Waals surface area contributed by atoms with Crippen LogP contribution in [-0.2, 0) is 13.2 Å². The van der Waals surface area contributed by atoms with E-state index in [1.165, 1.54) is 18.2 Å². The second kappa shape index (κ2) is 6.73. The first-order chi connectivity index (χ1) is 9.83. The summed E-state index contributed by atoms with van der Waals surface area (Å²) in [6.07, 6.45) is 0. The summed E-state index contributed by atoms with van der Waals surface area (Å²) in [4.78, 5) is 4.49. The van der Waals surface area contributed by atoms with Crippen LogP contribution in [0.1, 0.15) is 31.5 Å². The molecule has 0 spiro atoms. The first kappa shape index (κ1) is 16.2. The van der Waals surface area contributed by atoms with Crippen molar-refractivity contribution < 1.29 is 9.13 Å². The van der Waals surface area contributed by atoms with Crippen LogP contribution in [0.4, 0.5) is 4.39 Å². The number of ether oxygens (including phenoxy) is 1. The van der Waals surface area contributed by atoms with Crippen molar-refractivity contribution in [1.82, 2.24) is 10.3 Å². The molecule has 0 saturated carbocycles. The largest absolute Gasteiger partial charge is 0.486 e. The van der Waals surface area contributed by atoms with E-state index >= 15 is 0 Å². The lowest BCUT2D eigenvalue weighted by atomic mass is 10.1. The Balaban J connectivity index is 1.90. The molecule has 6 heteroatoms. The molecule has 0 amide bonds. The molecule has 2 aromatic rings. The van der Waals surface area contributed by atoms with E-state index in [-0.39, 0.29) is 16.4 Å². The molecular weight excluding hydrogens is 311 g/mol. The highest BCUT2D eigenvalue weighted by molar-refractivity contribution is 7.09. The summed E-state index contributed by atoms with van der Waals surface area (Å²) in [5.41, 5.74) is 0.898. The van der Waals surface area contributed by atoms with Gasteiger partial charge in [0.1, 0.15) is 23.2 Å². The van der Waals surface area contributed by atoms with Gasteiger partial charge in [-0.05, 0) is 39.0 Å². The topological polar surface area (TPSA) is 34.2 Å². The molecule has 0 atom stereocenters. The maximum absolute atomic E-state index is 12.9. The molecule has 0 aliphatic heterocycles. The minimum absolute atomic E-state index is 0.0595. The number of rotatable bonds is 5. The standard InChI is InChI=1S/C15H18ClFN2OS/c1-15(2,3)18-7-14-19-11(9-21-14)8-20-13-5-4-10(17)6-12(13)16/h4-6,9,18H,7-8H2,1-3H3. The van der Waals surface area contributed by atoms with E-state index in [1.54, 1.807) is 11.3 Å². The third-order valence-corrected chi connectivity index (χ3v) is 3.83. The third kappa shape index (κ3) is 5.26. The molecule has 21 heavy (non-hydrogen) atoms. The summed E-state index contributed by atoms with van der Waals surface area (Å²) >= 11 is 7.49. The van der Waals surface area contributed by atoms with Crippen molar-refractivity contribution in [1.29, 1.82) is 0 Å². The molecule has 1 aromatic heterocycles. The molecule has 0 saturated heterocycles. The van der Waals surface area contributed by atoms with Gasteiger partial charge in [0.2, 0.25) is 0 Å². The van der Waals surface area contributed by atoms with Gasteiger partial charge in [-0.25, -0.2) is 9.37 Å². The fourth-order valence-electron chi connectivity index (χ4n) is 1.58. The van der Waals surface area contributed by atoms with E-state index in [9.17, 15) is 4.39 Å². The van der Waals surface area contributed by atoms with Gasteiger partial charge >= 0.3 is 0 Å². The number of thiazole rings is 1. The Bertz CT molecular complexity index is 610. The molecule has 0 unspecified atom stereocenters. The molecule has 0 aliphatic rings. The molecule has 0 bridgehead atoms. The van der Waals surface area contributed by atoms with Crippen molar-refractivity contribution in [2.45, 2.75) is 39.5 Å². The van der Waals surface area contributed by atoms with Crippen LogP contribution in [0.25, 0.3) is 0 Å². The van der Waals surface area contributed by atoms with Gasteiger partial charge in [-0.2, -0.15) is 0 Å². The van der Waals surface area contributed by atoms with Gasteiger partial charge in [0.25, 0.3) is 0 Å². The van der Waals surface area contributed by atoms with Gasteiger partial charge in [-0.3, -0.25) is 0 Å². The van der Waals surface area contributed by atoms with Crippen LogP contribution in [0.15, 0.2) is 23.6 Å². The number of halogens is 2. The van der Waals surface area contributed by atoms with Gasteiger partial charge in [0, 0.05) is 17.5 Å². The zero-order valence-electron chi connectivity index (χ0n) is 12.2. The smallest absolute Gasteiger partial charge is 0.138 e. The van der Waals surface area contributed by atoms with Gasteiger partial charge in [-0.15, -0.1) is 11.3 Å². The molecule has 1 heterocycles. The summed E-state index contributed by atoms with van der Waals surface area (Å²) in [6.45, 7) is 7.38. The lowest BCUT2D eigenvalue weighted by molar-refractivity contribution is 0.301. The molecule has 1 N–H and O–H groups in total. The van der Waals surface area contributed by atoms with Crippen LogP contribution in [0, 0.1) is 5.82 Å². The minimum Gasteiger partial charge on any atom is -0.486 e. The predicted octanol–water partition coefficient (Wildman–Crippen LogP) is 4.40. The van der Waals surface area contributed by atoms with Gasteiger partial charge in [0.15, 0.2) is 0 Å². The van der Waals surface area contributed by atoms with E-state index < -0.39 is 0 Å². The van der Waals surface area contributed by atoms with E-state index in [1.807, 2.05) is 5.38 Å². The second-order valence-corrected chi connectivity index (χ2v) is 7.05. The quantitative estimate of drug-likeness (QED) is 0.883. The highest BCUT2D eigenvalue weighted by Crippen LogP contribution is 2.25. The Morgan fingerprint density at radius 2 is 2.14 bits per heavy atom. The molecule has 3 nitrogen and oxygen atoms in total. The van der Waals surface area contributed by atoms with Crippen molar-refractivity contribution >= 4 is 22.9 Å². The average Bonchev–Trinajstić information content (AvgIpc) is 2.82. The average molecular weight is 329 g/mol. The third-order valence-electron chi connectivity index (χ3n) is 2.64. The van der Waals surface area contributed by atoms with E-state index in [4.69, 9.17) is 16.3 Å². The second-order valence-electron chi connectivity index (χ2n) is 5.70. The summed E-state index contributed by atoms with van der Waals surface area (Å²) in [7, 11) is 0. The monoisotopic (exact) mass is 328 g/mol. The maximum atomic E-state index is 12.9. The fraction of sp³-hybridized carbons (Fsp3) is 0.400. The molecule has 0 aliphatic carbocycles. The van der Waals surface area contributed by atoms with Crippen LogP contribution in [-0.4, -0.2) is 10.5 Å². The molecular formula is C15H18ClFN2OS. The van der Waals surface area contributed by atoms with Crippen molar-refractivity contribution in [2.75, 3.05) is 0 Å². The maximum Gasteiger partial charge on any atom is 0.138 e. The van der Waals surface area contributed by atoms with Gasteiger partial charge in [0.05, 0.1) is 10.7 Å². The zero-order chi connectivity index (χ0) is 15.5. The van der Waals surface area contributed by atoms with Crippen LogP contribution >= 0.6 is 22.9 Å². The number of aromatic nitrogens is 1. The van der Waals surface area contributed by atoms with Crippen LogP contribution in [0.3, 0.4) is 0 Å². The van der Waals surface area contributed by atoms with Crippen molar-refractivity contribution in [3.63, 3.8) is 0 Å². The predicted molar refractivity (Wildman–Crippen MR) is 84.4 cm³/mol. The Morgan fingerprint density at radius 3 is 2.81 bits per heavy atom. The van der Waals surface area contributed by atoms with Crippen molar-refractivity contribution in [2.24, 2.45) is 0 Å². The van der Waals surface area contributed by atoms with Crippen LogP contribution in [0.5, 0.6) is 5.75 Å². The number of benzene rings is 1. The summed E-state index contributed by atoms with van der Waals surface area (Å²) in [6, 6.07) is 4.07. The Hall–Kier alpha value is -1.17. The summed E-state index contributed by atoms with van der Waals surface area (Å²) < 4.78 is 18.5. The summed E-state index contributed by atoms with van der Waals surface area (Å²) in [5.74, 6) is 0.0805. The molecule has 114 valence electrons. The molecule has 0 fully saturated rings. The van der Waals surface area contributed by atoms with E-state index in [2.05, 4.69) is 31.1 Å². The Labute approximate surface area is 133 Å². The number of hydrogen-bond donors (Lipinski definition) is 1. The van der Waals surface area contributed by atoms with Crippen LogP contribution in [0.2, 0.25) is 5.02 Å². The van der Waals surface area contributed by atoms with Gasteiger partial charge in [-0.1, -0.05) is 11.6 Å². The Kier molecular flexibility index (Phi) is 5.19. The normalized spacial score (nSPS) is 11.7. The van der Waals surface area contributed by atoms with E-state index in [0.29, 0.717) is 12.4 Å². The molecule has 0 radical (unpaired) electrons. The van der Waals surface area contributed by atoms with Crippen LogP contribution < -0.4 is 10.1 Å². The molecule has 1 aromatic carbocycles. The first-order valence-corrected chi connectivity index (χ1v) is 7.85. The Morgan fingerprint density at radius 1 is 1.38 bits per heavy atom. The van der Waals surface area contributed by atoms with E-state index in [0.717, 1.165) is 17.2 Å². The van der Waals surface area contributed by atoms with Crippen molar-refractivity contribution in [3.8, 4) is 5.75 Å². The SMILES string of the molecule is CC(C)(C)NCc1nc(COc2ccc(F)cc2Cl)cs1. The van der Waals surface area contributed by atoms with Crippen molar-refractivity contribution in [3.05, 3.63) is 45.1 Å². The molecule has 2 rings (SSSR count). The lowest BCUT2D eigenvalue weighted by Gasteiger charge is -2.19. The van der Waals surface area contributed by atoms with Gasteiger partial charge < -0.3 is 10.1 Å². The number of nitrogens with one attached hydrogen (secondary N) is 1. The number of nitrogens with zero attached hydrogens (tertiary/aromatic N) is 1. The first-order valence-electron chi connectivity index (χ1n) is 6.60. The minimum atomic E-state index is -0.378. The summed E-state index contributed by atoms with van der Waals surface area (Å²) in [5, 5.41) is 6.61.